The van der Waals surface area contributed by atoms with E-state index in [1.165, 1.54) is 18.2 Å². The molecule has 0 atom stereocenters. The van der Waals surface area contributed by atoms with Gasteiger partial charge in [-0.15, -0.1) is 0 Å². The Morgan fingerprint density at radius 1 is 1.23 bits per heavy atom. The van der Waals surface area contributed by atoms with Crippen molar-refractivity contribution >= 4 is 18.6 Å². The predicted octanol–water partition coefficient (Wildman–Crippen LogP) is 0.273. The summed E-state index contributed by atoms with van der Waals surface area (Å²) in [6.45, 7) is -4.75. The molecule has 66 valence electrons. The van der Waals surface area contributed by atoms with E-state index in [2.05, 4.69) is 0 Å². The Morgan fingerprint density at radius 2 is 1.85 bits per heavy atom. The maximum absolute atomic E-state index is 11.9. The molecule has 0 spiro atoms. The summed E-state index contributed by atoms with van der Waals surface area (Å²) in [7, 11) is 0. The molecule has 0 amide bonds. The smallest absolute Gasteiger partial charge is 0.449 e. The molecule has 0 unspecified atom stereocenters. The Hall–Kier alpha value is 1.00. The van der Waals surface area contributed by atoms with Gasteiger partial charge >= 0.3 is 58.4 Å². The molecule has 1 rings (SSSR count). The minimum Gasteiger partial charge on any atom is -0.449 e. The minimum absolute atomic E-state index is 0. The molecular formula is C7H6BClF3K. The van der Waals surface area contributed by atoms with E-state index in [1.54, 1.807) is 6.07 Å². The zero-order valence-corrected chi connectivity index (χ0v) is 11.0. The van der Waals surface area contributed by atoms with Crippen LogP contribution in [0.3, 0.4) is 0 Å². The third-order valence-corrected chi connectivity index (χ3v) is 1.59. The van der Waals surface area contributed by atoms with Gasteiger partial charge in [0.05, 0.1) is 0 Å². The summed E-state index contributed by atoms with van der Waals surface area (Å²) in [6, 6.07) is 5.81. The topological polar surface area (TPSA) is 0 Å². The van der Waals surface area contributed by atoms with Crippen LogP contribution < -0.4 is 51.4 Å². The fourth-order valence-corrected chi connectivity index (χ4v) is 1.14. The normalized spacial score (nSPS) is 10.8. The van der Waals surface area contributed by atoms with Crippen molar-refractivity contribution in [2.45, 2.75) is 6.32 Å². The first-order valence-electron chi connectivity index (χ1n) is 3.43. The number of hydrogen-bond donors (Lipinski definition) is 0. The van der Waals surface area contributed by atoms with Crippen LogP contribution in [0.25, 0.3) is 0 Å². The molecule has 1 aromatic rings. The van der Waals surface area contributed by atoms with Gasteiger partial charge < -0.3 is 12.9 Å². The first-order chi connectivity index (χ1) is 5.47. The van der Waals surface area contributed by atoms with Crippen LogP contribution in [-0.4, -0.2) is 6.98 Å². The molecule has 0 heterocycles. The quantitative estimate of drug-likeness (QED) is 0.643. The molecule has 0 N–H and O–H groups in total. The van der Waals surface area contributed by atoms with Gasteiger partial charge in [-0.2, -0.15) is 0 Å². The Balaban J connectivity index is 0.00000144. The summed E-state index contributed by atoms with van der Waals surface area (Å²) in [4.78, 5) is 0. The molecule has 0 nitrogen and oxygen atoms in total. The van der Waals surface area contributed by atoms with Crippen LogP contribution in [0.15, 0.2) is 24.3 Å². The Morgan fingerprint density at radius 3 is 2.31 bits per heavy atom. The predicted molar refractivity (Wildman–Crippen MR) is 44.2 cm³/mol. The molecule has 0 radical (unpaired) electrons. The molecule has 1 aromatic carbocycles. The molecular weight excluding hydrogens is 226 g/mol. The molecule has 0 aliphatic carbocycles. The Bertz CT molecular complexity index is 277. The van der Waals surface area contributed by atoms with Crippen molar-refractivity contribution in [1.29, 1.82) is 0 Å². The summed E-state index contributed by atoms with van der Waals surface area (Å²) in [5.74, 6) is 0. The van der Waals surface area contributed by atoms with Crippen molar-refractivity contribution in [2.75, 3.05) is 0 Å². The van der Waals surface area contributed by atoms with Crippen LogP contribution in [0.2, 0.25) is 5.02 Å². The van der Waals surface area contributed by atoms with Crippen molar-refractivity contribution in [3.05, 3.63) is 34.9 Å². The molecule has 0 bridgehead atoms. The first-order valence-corrected chi connectivity index (χ1v) is 3.80. The van der Waals surface area contributed by atoms with E-state index >= 15 is 0 Å². The summed E-state index contributed by atoms with van der Waals surface area (Å²) < 4.78 is 35.7. The maximum atomic E-state index is 11.9. The van der Waals surface area contributed by atoms with E-state index in [1.807, 2.05) is 0 Å². The number of rotatable bonds is 2. The second-order valence-corrected chi connectivity index (χ2v) is 2.98. The zero-order chi connectivity index (χ0) is 9.19. The fourth-order valence-electron chi connectivity index (χ4n) is 0.931. The van der Waals surface area contributed by atoms with Gasteiger partial charge in [0, 0.05) is 5.02 Å². The third kappa shape index (κ3) is 6.15. The van der Waals surface area contributed by atoms with Gasteiger partial charge in [0.1, 0.15) is 0 Å². The van der Waals surface area contributed by atoms with Gasteiger partial charge in [0.2, 0.25) is 0 Å². The Labute approximate surface area is 122 Å². The largest absolute Gasteiger partial charge is 1.00 e. The Kier molecular flexibility index (Phi) is 6.22. The number of hydrogen-bond acceptors (Lipinski definition) is 0. The van der Waals surface area contributed by atoms with E-state index in [4.69, 9.17) is 11.6 Å². The summed E-state index contributed by atoms with van der Waals surface area (Å²) in [5.41, 5.74) is 0.218. The van der Waals surface area contributed by atoms with Crippen LogP contribution >= 0.6 is 11.6 Å². The molecule has 0 aromatic heterocycles. The van der Waals surface area contributed by atoms with Crippen LogP contribution in [0.5, 0.6) is 0 Å². The molecule has 0 aliphatic rings. The minimum atomic E-state index is -4.75. The van der Waals surface area contributed by atoms with E-state index in [0.29, 0.717) is 5.02 Å². The van der Waals surface area contributed by atoms with Crippen LogP contribution in [-0.2, 0) is 6.32 Å². The zero-order valence-electron chi connectivity index (χ0n) is 7.11. The van der Waals surface area contributed by atoms with Gasteiger partial charge in [0.25, 0.3) is 0 Å². The fraction of sp³-hybridized carbons (Fsp3) is 0.143. The standard InChI is InChI=1S/C7H6BClF3.K/c9-7-3-1-2-6(4-7)5-8(10,11)12;/h1-4H,5H2;/q-1;+1. The van der Waals surface area contributed by atoms with Crippen molar-refractivity contribution in [3.8, 4) is 0 Å². The van der Waals surface area contributed by atoms with Crippen LogP contribution in [0.1, 0.15) is 5.56 Å². The van der Waals surface area contributed by atoms with Crippen molar-refractivity contribution in [1.82, 2.24) is 0 Å². The summed E-state index contributed by atoms with van der Waals surface area (Å²) in [6.07, 6.45) is -0.861. The average Bonchev–Trinajstić information content (AvgIpc) is 1.82. The number of benzene rings is 1. The SMILES string of the molecule is F[B-](F)(F)Cc1cccc(Cl)c1.[K+]. The monoisotopic (exact) mass is 232 g/mol. The van der Waals surface area contributed by atoms with Crippen molar-refractivity contribution in [2.24, 2.45) is 0 Å². The average molecular weight is 232 g/mol. The van der Waals surface area contributed by atoms with Crippen LogP contribution in [0, 0.1) is 0 Å². The first kappa shape index (κ1) is 14.0. The number of halogens is 4. The molecule has 0 saturated carbocycles. The maximum Gasteiger partial charge on any atom is 1.00 e. The van der Waals surface area contributed by atoms with Gasteiger partial charge in [-0.3, -0.25) is 0 Å². The van der Waals surface area contributed by atoms with Crippen molar-refractivity contribution < 1.29 is 64.3 Å². The van der Waals surface area contributed by atoms with E-state index in [9.17, 15) is 12.9 Å². The van der Waals surface area contributed by atoms with Gasteiger partial charge in [-0.25, -0.2) is 0 Å². The second kappa shape index (κ2) is 5.78. The molecule has 0 saturated heterocycles. The summed E-state index contributed by atoms with van der Waals surface area (Å²) in [5, 5.41) is 0.340. The van der Waals surface area contributed by atoms with E-state index < -0.39 is 13.3 Å². The third-order valence-electron chi connectivity index (χ3n) is 1.36. The molecule has 0 aliphatic heterocycles. The molecule has 13 heavy (non-hydrogen) atoms. The van der Waals surface area contributed by atoms with E-state index in [0.717, 1.165) is 0 Å². The van der Waals surface area contributed by atoms with Crippen molar-refractivity contribution in [3.63, 3.8) is 0 Å². The summed E-state index contributed by atoms with van der Waals surface area (Å²) >= 11 is 5.51. The van der Waals surface area contributed by atoms with Gasteiger partial charge in [-0.05, 0) is 12.1 Å². The molecule has 6 heteroatoms. The van der Waals surface area contributed by atoms with Crippen LogP contribution in [0.4, 0.5) is 12.9 Å². The van der Waals surface area contributed by atoms with Gasteiger partial charge in [0.15, 0.2) is 0 Å². The molecule has 0 fully saturated rings. The second-order valence-electron chi connectivity index (χ2n) is 2.54. The van der Waals surface area contributed by atoms with E-state index in [-0.39, 0.29) is 56.9 Å². The van der Waals surface area contributed by atoms with Gasteiger partial charge in [-0.1, -0.05) is 35.6 Å².